The third kappa shape index (κ3) is 2.09. The Morgan fingerprint density at radius 1 is 1.38 bits per heavy atom. The number of rotatable bonds is 4. The van der Waals surface area contributed by atoms with Gasteiger partial charge in [0.2, 0.25) is 0 Å². The number of hydrogen-bond acceptors (Lipinski definition) is 3. The normalized spacial score (nSPS) is 10.6. The molecular weight excluding hydrogens is 207 g/mol. The fourth-order valence-electron chi connectivity index (χ4n) is 1.51. The molecule has 4 nitrogen and oxygen atoms in total. The van der Waals surface area contributed by atoms with Gasteiger partial charge in [0.15, 0.2) is 0 Å². The maximum Gasteiger partial charge on any atom is 0.148 e. The largest absolute Gasteiger partial charge is 0.319 e. The molecule has 1 aromatic carbocycles. The Bertz CT molecular complexity index is 467. The Morgan fingerprint density at radius 3 is 2.94 bits per heavy atom. The third-order valence-corrected chi connectivity index (χ3v) is 2.33. The van der Waals surface area contributed by atoms with Crippen molar-refractivity contribution >= 4 is 0 Å². The van der Waals surface area contributed by atoms with E-state index in [4.69, 9.17) is 0 Å². The highest BCUT2D eigenvalue weighted by atomic mass is 19.1. The van der Waals surface area contributed by atoms with Crippen LogP contribution in [0.3, 0.4) is 0 Å². The molecule has 16 heavy (non-hydrogen) atoms. The highest BCUT2D eigenvalue weighted by Gasteiger charge is 2.09. The zero-order valence-corrected chi connectivity index (χ0v) is 9.02. The van der Waals surface area contributed by atoms with Gasteiger partial charge >= 0.3 is 0 Å². The fraction of sp³-hybridized carbons (Fsp3) is 0.273. The van der Waals surface area contributed by atoms with E-state index in [0.29, 0.717) is 5.69 Å². The second-order valence-corrected chi connectivity index (χ2v) is 3.44. The summed E-state index contributed by atoms with van der Waals surface area (Å²) in [4.78, 5) is 0. The fourth-order valence-corrected chi connectivity index (χ4v) is 1.51. The van der Waals surface area contributed by atoms with Crippen LogP contribution in [-0.4, -0.2) is 28.6 Å². The van der Waals surface area contributed by atoms with E-state index in [1.54, 1.807) is 24.4 Å². The lowest BCUT2D eigenvalue weighted by molar-refractivity contribution is 0.600. The van der Waals surface area contributed by atoms with Crippen LogP contribution in [0.5, 0.6) is 0 Å². The number of benzene rings is 1. The van der Waals surface area contributed by atoms with E-state index < -0.39 is 0 Å². The summed E-state index contributed by atoms with van der Waals surface area (Å²) in [7, 11) is 1.87. The molecule has 5 heteroatoms. The topological polar surface area (TPSA) is 42.7 Å². The molecule has 0 bridgehead atoms. The maximum atomic E-state index is 13.6. The van der Waals surface area contributed by atoms with Gasteiger partial charge in [-0.15, -0.1) is 5.10 Å². The maximum absolute atomic E-state index is 13.6. The molecule has 0 amide bonds. The number of aromatic nitrogens is 3. The SMILES string of the molecule is CNCCc1cnnn1-c1ccccc1F. The van der Waals surface area contributed by atoms with Crippen molar-refractivity contribution in [3.05, 3.63) is 42.0 Å². The number of likely N-dealkylation sites (N-methyl/N-ethyl adjacent to an activating group) is 1. The molecule has 2 rings (SSSR count). The van der Waals surface area contributed by atoms with Gasteiger partial charge in [-0.05, 0) is 19.2 Å². The monoisotopic (exact) mass is 220 g/mol. The highest BCUT2D eigenvalue weighted by Crippen LogP contribution is 2.13. The van der Waals surface area contributed by atoms with E-state index in [-0.39, 0.29) is 5.82 Å². The molecule has 1 heterocycles. The quantitative estimate of drug-likeness (QED) is 0.841. The number of halogens is 1. The minimum Gasteiger partial charge on any atom is -0.319 e. The molecule has 1 N–H and O–H groups in total. The van der Waals surface area contributed by atoms with Crippen molar-refractivity contribution in [2.75, 3.05) is 13.6 Å². The number of nitrogens with one attached hydrogen (secondary N) is 1. The second-order valence-electron chi connectivity index (χ2n) is 3.44. The van der Waals surface area contributed by atoms with Gasteiger partial charge in [-0.2, -0.15) is 0 Å². The first-order valence-corrected chi connectivity index (χ1v) is 5.12. The number of hydrogen-bond donors (Lipinski definition) is 1. The van der Waals surface area contributed by atoms with Crippen LogP contribution in [0.1, 0.15) is 5.69 Å². The Labute approximate surface area is 93.1 Å². The minimum absolute atomic E-state index is 0.293. The van der Waals surface area contributed by atoms with Crippen molar-refractivity contribution in [2.45, 2.75) is 6.42 Å². The zero-order chi connectivity index (χ0) is 11.4. The number of para-hydroxylation sites is 1. The average Bonchev–Trinajstić information content (AvgIpc) is 2.75. The van der Waals surface area contributed by atoms with E-state index in [9.17, 15) is 4.39 Å². The van der Waals surface area contributed by atoms with Gasteiger partial charge in [0.25, 0.3) is 0 Å². The van der Waals surface area contributed by atoms with Crippen LogP contribution in [0.2, 0.25) is 0 Å². The molecule has 0 spiro atoms. The van der Waals surface area contributed by atoms with Gasteiger partial charge in [-0.3, -0.25) is 0 Å². The summed E-state index contributed by atoms with van der Waals surface area (Å²) < 4.78 is 15.1. The van der Waals surface area contributed by atoms with E-state index in [2.05, 4.69) is 15.6 Å². The van der Waals surface area contributed by atoms with Crippen molar-refractivity contribution in [3.63, 3.8) is 0 Å². The van der Waals surface area contributed by atoms with Crippen LogP contribution in [0, 0.1) is 5.82 Å². The lowest BCUT2D eigenvalue weighted by Crippen LogP contribution is -2.13. The first kappa shape index (κ1) is 10.8. The van der Waals surface area contributed by atoms with Crippen LogP contribution in [-0.2, 0) is 6.42 Å². The summed E-state index contributed by atoms with van der Waals surface area (Å²) in [5.41, 5.74) is 1.32. The Hall–Kier alpha value is -1.75. The predicted octanol–water partition coefficient (Wildman–Crippen LogP) is 1.17. The smallest absolute Gasteiger partial charge is 0.148 e. The summed E-state index contributed by atoms with van der Waals surface area (Å²) in [6, 6.07) is 6.54. The van der Waals surface area contributed by atoms with E-state index >= 15 is 0 Å². The standard InChI is InChI=1S/C11H13FN4/c1-13-7-6-9-8-14-15-16(9)11-5-3-2-4-10(11)12/h2-5,8,13H,6-7H2,1H3. The molecule has 0 aliphatic rings. The predicted molar refractivity (Wildman–Crippen MR) is 58.9 cm³/mol. The molecular formula is C11H13FN4. The van der Waals surface area contributed by atoms with Gasteiger partial charge in [-0.25, -0.2) is 9.07 Å². The molecule has 0 unspecified atom stereocenters. The van der Waals surface area contributed by atoms with Crippen molar-refractivity contribution in [1.29, 1.82) is 0 Å². The average molecular weight is 220 g/mol. The van der Waals surface area contributed by atoms with Gasteiger partial charge in [-0.1, -0.05) is 17.3 Å². The van der Waals surface area contributed by atoms with E-state index in [1.165, 1.54) is 10.7 Å². The van der Waals surface area contributed by atoms with Crippen LogP contribution >= 0.6 is 0 Å². The van der Waals surface area contributed by atoms with Crippen molar-refractivity contribution in [2.24, 2.45) is 0 Å². The lowest BCUT2D eigenvalue weighted by Gasteiger charge is -2.06. The Balaban J connectivity index is 2.33. The van der Waals surface area contributed by atoms with E-state index in [0.717, 1.165) is 18.7 Å². The molecule has 0 atom stereocenters. The van der Waals surface area contributed by atoms with Crippen molar-refractivity contribution in [1.82, 2.24) is 20.3 Å². The van der Waals surface area contributed by atoms with Crippen LogP contribution in [0.25, 0.3) is 5.69 Å². The van der Waals surface area contributed by atoms with Gasteiger partial charge in [0, 0.05) is 13.0 Å². The molecule has 84 valence electrons. The Kier molecular flexibility index (Phi) is 3.26. The van der Waals surface area contributed by atoms with Crippen LogP contribution < -0.4 is 5.32 Å². The molecule has 0 saturated heterocycles. The van der Waals surface area contributed by atoms with Gasteiger partial charge in [0.05, 0.1) is 11.9 Å². The van der Waals surface area contributed by atoms with Crippen molar-refractivity contribution < 1.29 is 4.39 Å². The van der Waals surface area contributed by atoms with Gasteiger partial charge in [0.1, 0.15) is 11.5 Å². The molecule has 0 aliphatic heterocycles. The summed E-state index contributed by atoms with van der Waals surface area (Å²) in [6.07, 6.45) is 2.42. The van der Waals surface area contributed by atoms with E-state index in [1.807, 2.05) is 7.05 Å². The molecule has 0 saturated carbocycles. The van der Waals surface area contributed by atoms with Crippen molar-refractivity contribution in [3.8, 4) is 5.69 Å². The summed E-state index contributed by atoms with van der Waals surface area (Å²) in [5, 5.41) is 10.7. The molecule has 0 fully saturated rings. The van der Waals surface area contributed by atoms with Crippen LogP contribution in [0.4, 0.5) is 4.39 Å². The minimum atomic E-state index is -0.293. The molecule has 2 aromatic rings. The zero-order valence-electron chi connectivity index (χ0n) is 9.02. The number of nitrogens with zero attached hydrogens (tertiary/aromatic N) is 3. The highest BCUT2D eigenvalue weighted by molar-refractivity contribution is 5.33. The summed E-state index contributed by atoms with van der Waals surface area (Å²) in [5.74, 6) is -0.293. The van der Waals surface area contributed by atoms with Gasteiger partial charge < -0.3 is 5.32 Å². The second kappa shape index (κ2) is 4.85. The molecule has 0 radical (unpaired) electrons. The Morgan fingerprint density at radius 2 is 2.19 bits per heavy atom. The summed E-state index contributed by atoms with van der Waals surface area (Å²) in [6.45, 7) is 0.807. The van der Waals surface area contributed by atoms with Crippen LogP contribution in [0.15, 0.2) is 30.5 Å². The first-order chi connectivity index (χ1) is 7.83. The lowest BCUT2D eigenvalue weighted by atomic mass is 10.2. The first-order valence-electron chi connectivity index (χ1n) is 5.12. The molecule has 1 aromatic heterocycles. The third-order valence-electron chi connectivity index (χ3n) is 2.33. The molecule has 0 aliphatic carbocycles. The summed E-state index contributed by atoms with van der Waals surface area (Å²) >= 11 is 0.